The molecular weight excluding hydrogens is 350 g/mol. The molecule has 0 aliphatic rings. The highest BCUT2D eigenvalue weighted by Gasteiger charge is 2.03. The summed E-state index contributed by atoms with van der Waals surface area (Å²) in [6.07, 6.45) is 3.06. The molecule has 0 amide bonds. The van der Waals surface area contributed by atoms with Crippen LogP contribution in [0.5, 0.6) is 5.75 Å². The quantitative estimate of drug-likeness (QED) is 0.387. The van der Waals surface area contributed by atoms with Gasteiger partial charge in [0.2, 0.25) is 0 Å². The number of fused-ring (bicyclic) bond motifs is 1. The van der Waals surface area contributed by atoms with Gasteiger partial charge in [-0.3, -0.25) is 0 Å². The predicted molar refractivity (Wildman–Crippen MR) is 88.4 cm³/mol. The molecule has 0 atom stereocenters. The van der Waals surface area contributed by atoms with E-state index in [-0.39, 0.29) is 0 Å². The monoisotopic (exact) mass is 359 g/mol. The van der Waals surface area contributed by atoms with Crippen LogP contribution in [0.2, 0.25) is 0 Å². The van der Waals surface area contributed by atoms with Crippen molar-refractivity contribution in [1.82, 2.24) is 4.98 Å². The minimum absolute atomic E-state index is 0.420. The summed E-state index contributed by atoms with van der Waals surface area (Å²) in [5.74, 6) is 0.0914. The van der Waals surface area contributed by atoms with Gasteiger partial charge in [0.25, 0.3) is 0 Å². The summed E-state index contributed by atoms with van der Waals surface area (Å²) in [4.78, 5) is 16.2. The summed E-state index contributed by atoms with van der Waals surface area (Å²) in [6.45, 7) is 0. The highest BCUT2D eigenvalue weighted by atomic mass is 79.9. The van der Waals surface area contributed by atoms with E-state index in [9.17, 15) is 4.79 Å². The van der Waals surface area contributed by atoms with E-state index in [2.05, 4.69) is 20.9 Å². The number of ether oxygens (including phenoxy) is 1. The predicted octanol–water partition coefficient (Wildman–Crippen LogP) is 4.68. The molecule has 1 aromatic heterocycles. The molecular formula is C16H10BrNO2S. The minimum Gasteiger partial charge on any atom is -0.423 e. The van der Waals surface area contributed by atoms with Crippen molar-refractivity contribution in [1.29, 1.82) is 0 Å². The highest BCUT2D eigenvalue weighted by Crippen LogP contribution is 2.22. The van der Waals surface area contributed by atoms with Gasteiger partial charge in [-0.15, -0.1) is 11.3 Å². The van der Waals surface area contributed by atoms with Crippen LogP contribution in [0.25, 0.3) is 16.3 Å². The minimum atomic E-state index is -0.420. The Kier molecular flexibility index (Phi) is 4.13. The molecule has 0 aliphatic heterocycles. The van der Waals surface area contributed by atoms with Crippen molar-refractivity contribution in [2.75, 3.05) is 0 Å². The van der Waals surface area contributed by atoms with Crippen molar-refractivity contribution in [2.24, 2.45) is 0 Å². The van der Waals surface area contributed by atoms with Gasteiger partial charge in [-0.05, 0) is 42.5 Å². The molecule has 0 N–H and O–H groups in total. The van der Waals surface area contributed by atoms with E-state index in [1.165, 1.54) is 17.4 Å². The van der Waals surface area contributed by atoms with Crippen LogP contribution in [-0.4, -0.2) is 11.0 Å². The van der Waals surface area contributed by atoms with Gasteiger partial charge in [0.05, 0.1) is 10.2 Å². The Labute approximate surface area is 134 Å². The number of nitrogens with zero attached hydrogens (tertiary/aromatic N) is 1. The lowest BCUT2D eigenvalue weighted by Gasteiger charge is -2.00. The lowest BCUT2D eigenvalue weighted by Crippen LogP contribution is -2.03. The molecule has 21 heavy (non-hydrogen) atoms. The zero-order valence-corrected chi connectivity index (χ0v) is 13.2. The Hall–Kier alpha value is -1.98. The number of halogens is 1. The van der Waals surface area contributed by atoms with Crippen LogP contribution in [0.1, 0.15) is 5.01 Å². The fourth-order valence-corrected chi connectivity index (χ4v) is 2.89. The average Bonchev–Trinajstić information content (AvgIpc) is 2.90. The average molecular weight is 360 g/mol. The van der Waals surface area contributed by atoms with Crippen molar-refractivity contribution < 1.29 is 9.53 Å². The van der Waals surface area contributed by atoms with Crippen LogP contribution in [0.4, 0.5) is 0 Å². The van der Waals surface area contributed by atoms with Crippen LogP contribution < -0.4 is 4.74 Å². The first-order chi connectivity index (χ1) is 10.2. The Balaban J connectivity index is 1.70. The number of carbonyl (C=O) groups is 1. The van der Waals surface area contributed by atoms with Gasteiger partial charge < -0.3 is 4.74 Å². The summed E-state index contributed by atoms with van der Waals surface area (Å²) < 4.78 is 7.23. The summed E-state index contributed by atoms with van der Waals surface area (Å²) in [7, 11) is 0. The third kappa shape index (κ3) is 3.56. The first-order valence-electron chi connectivity index (χ1n) is 6.22. The van der Waals surface area contributed by atoms with Gasteiger partial charge in [0, 0.05) is 10.5 Å². The molecule has 0 saturated carbocycles. The number of thiazole rings is 1. The normalized spacial score (nSPS) is 11.1. The van der Waals surface area contributed by atoms with Gasteiger partial charge >= 0.3 is 5.97 Å². The topological polar surface area (TPSA) is 39.2 Å². The van der Waals surface area contributed by atoms with Gasteiger partial charge in [0.1, 0.15) is 10.8 Å². The second-order valence-corrected chi connectivity index (χ2v) is 6.21. The van der Waals surface area contributed by atoms with E-state index in [4.69, 9.17) is 4.74 Å². The molecule has 0 fully saturated rings. The second kappa shape index (κ2) is 6.20. The number of hydrogen-bond acceptors (Lipinski definition) is 4. The molecule has 104 valence electrons. The van der Waals surface area contributed by atoms with Gasteiger partial charge in [-0.25, -0.2) is 9.78 Å². The Morgan fingerprint density at radius 1 is 1.14 bits per heavy atom. The molecule has 0 aliphatic carbocycles. The number of aromatic nitrogens is 1. The first kappa shape index (κ1) is 14.0. The summed E-state index contributed by atoms with van der Waals surface area (Å²) in [5.41, 5.74) is 0.934. The zero-order chi connectivity index (χ0) is 14.7. The van der Waals surface area contributed by atoms with Crippen molar-refractivity contribution in [2.45, 2.75) is 0 Å². The summed E-state index contributed by atoms with van der Waals surface area (Å²) in [5, 5.41) is 0.781. The van der Waals surface area contributed by atoms with Crippen LogP contribution in [0.15, 0.2) is 59.1 Å². The third-order valence-corrected chi connectivity index (χ3v) is 4.23. The van der Waals surface area contributed by atoms with E-state index in [1.807, 2.05) is 36.4 Å². The van der Waals surface area contributed by atoms with Crippen LogP contribution in [-0.2, 0) is 4.79 Å². The molecule has 5 heteroatoms. The first-order valence-corrected chi connectivity index (χ1v) is 7.83. The Bertz CT molecular complexity index is 776. The number of hydrogen-bond donors (Lipinski definition) is 0. The third-order valence-electron chi connectivity index (χ3n) is 2.70. The summed E-state index contributed by atoms with van der Waals surface area (Å²) in [6, 6.07) is 15.0. The van der Waals surface area contributed by atoms with Crippen LogP contribution in [0.3, 0.4) is 0 Å². The van der Waals surface area contributed by atoms with Crippen molar-refractivity contribution in [3.05, 3.63) is 64.1 Å². The highest BCUT2D eigenvalue weighted by molar-refractivity contribution is 9.10. The maximum Gasteiger partial charge on any atom is 0.336 e. The SMILES string of the molecule is O=C(/C=C/c1nc2ccccc2s1)Oc1ccc(Br)cc1. The number of benzene rings is 2. The largest absolute Gasteiger partial charge is 0.423 e. The molecule has 0 saturated heterocycles. The smallest absolute Gasteiger partial charge is 0.336 e. The number of esters is 1. The van der Waals surface area contributed by atoms with E-state index < -0.39 is 5.97 Å². The molecule has 0 radical (unpaired) electrons. The van der Waals surface area contributed by atoms with Crippen LogP contribution >= 0.6 is 27.3 Å². The van der Waals surface area contributed by atoms with Crippen molar-refractivity contribution >= 4 is 49.5 Å². The molecule has 0 bridgehead atoms. The Morgan fingerprint density at radius 3 is 2.67 bits per heavy atom. The Morgan fingerprint density at radius 2 is 1.90 bits per heavy atom. The van der Waals surface area contributed by atoms with E-state index >= 15 is 0 Å². The van der Waals surface area contributed by atoms with Gasteiger partial charge in [0.15, 0.2) is 0 Å². The number of carbonyl (C=O) groups excluding carboxylic acids is 1. The molecule has 2 aromatic carbocycles. The lowest BCUT2D eigenvalue weighted by atomic mass is 10.3. The zero-order valence-electron chi connectivity index (χ0n) is 10.8. The summed E-state index contributed by atoms with van der Waals surface area (Å²) >= 11 is 4.86. The van der Waals surface area contributed by atoms with Crippen molar-refractivity contribution in [3.8, 4) is 5.75 Å². The maximum absolute atomic E-state index is 11.7. The fraction of sp³-hybridized carbons (Fsp3) is 0. The fourth-order valence-electron chi connectivity index (χ4n) is 1.75. The molecule has 0 spiro atoms. The molecule has 0 unspecified atom stereocenters. The molecule has 3 nitrogen and oxygen atoms in total. The second-order valence-electron chi connectivity index (χ2n) is 4.23. The lowest BCUT2D eigenvalue weighted by molar-refractivity contribution is -0.128. The number of para-hydroxylation sites is 1. The van der Waals surface area contributed by atoms with Crippen molar-refractivity contribution in [3.63, 3.8) is 0 Å². The standard InChI is InChI=1S/C16H10BrNO2S/c17-11-5-7-12(8-6-11)20-16(19)10-9-15-18-13-3-1-2-4-14(13)21-15/h1-10H/b10-9+. The molecule has 3 aromatic rings. The maximum atomic E-state index is 11.7. The van der Waals surface area contributed by atoms with E-state index in [0.29, 0.717) is 5.75 Å². The van der Waals surface area contributed by atoms with Gasteiger partial charge in [-0.2, -0.15) is 0 Å². The van der Waals surface area contributed by atoms with Gasteiger partial charge in [-0.1, -0.05) is 28.1 Å². The number of rotatable bonds is 3. The molecule has 1 heterocycles. The van der Waals surface area contributed by atoms with Crippen LogP contribution in [0, 0.1) is 0 Å². The molecule has 3 rings (SSSR count). The van der Waals surface area contributed by atoms with E-state index in [0.717, 1.165) is 19.7 Å². The van der Waals surface area contributed by atoms with E-state index in [1.54, 1.807) is 18.2 Å².